The van der Waals surface area contributed by atoms with Gasteiger partial charge in [-0.3, -0.25) is 9.59 Å². The fourth-order valence-electron chi connectivity index (χ4n) is 2.63. The number of carbonyl (C=O) groups excluding carboxylic acids is 1. The van der Waals surface area contributed by atoms with Gasteiger partial charge in [-0.25, -0.2) is 0 Å². The second-order valence-corrected chi connectivity index (χ2v) is 5.30. The van der Waals surface area contributed by atoms with Crippen LogP contribution in [0.2, 0.25) is 0 Å². The Hall–Kier alpha value is -1.06. The summed E-state index contributed by atoms with van der Waals surface area (Å²) < 4.78 is 0. The molecule has 0 heterocycles. The highest BCUT2D eigenvalue weighted by molar-refractivity contribution is 5.79. The first-order valence-corrected chi connectivity index (χ1v) is 7.11. The SMILES string of the molecule is CCCCC(CC)C(=O)NC1CCC(C(=O)O)C1. The molecule has 4 nitrogen and oxygen atoms in total. The molecule has 3 unspecified atom stereocenters. The molecule has 0 radical (unpaired) electrons. The maximum absolute atomic E-state index is 12.1. The summed E-state index contributed by atoms with van der Waals surface area (Å²) in [7, 11) is 0. The van der Waals surface area contributed by atoms with Gasteiger partial charge in [0.15, 0.2) is 0 Å². The molecule has 0 aliphatic heterocycles. The molecule has 1 aliphatic rings. The minimum Gasteiger partial charge on any atom is -0.481 e. The van der Waals surface area contributed by atoms with E-state index in [1.165, 1.54) is 0 Å². The number of hydrogen-bond donors (Lipinski definition) is 2. The number of hydrogen-bond acceptors (Lipinski definition) is 2. The van der Waals surface area contributed by atoms with Gasteiger partial charge in [0.2, 0.25) is 5.91 Å². The molecular weight excluding hydrogens is 230 g/mol. The molecule has 1 amide bonds. The van der Waals surface area contributed by atoms with Gasteiger partial charge in [0, 0.05) is 12.0 Å². The molecule has 0 aromatic rings. The highest BCUT2D eigenvalue weighted by Crippen LogP contribution is 2.26. The summed E-state index contributed by atoms with van der Waals surface area (Å²) in [5.74, 6) is -0.799. The van der Waals surface area contributed by atoms with Gasteiger partial charge >= 0.3 is 5.97 Å². The molecule has 0 saturated heterocycles. The van der Waals surface area contributed by atoms with E-state index in [9.17, 15) is 9.59 Å². The zero-order valence-electron chi connectivity index (χ0n) is 11.4. The van der Waals surface area contributed by atoms with Crippen LogP contribution in [0.4, 0.5) is 0 Å². The van der Waals surface area contributed by atoms with Gasteiger partial charge in [-0.05, 0) is 32.1 Å². The number of nitrogens with one attached hydrogen (secondary N) is 1. The average Bonchev–Trinajstić information content (AvgIpc) is 2.78. The van der Waals surface area contributed by atoms with E-state index < -0.39 is 5.97 Å². The molecule has 4 heteroatoms. The van der Waals surface area contributed by atoms with Gasteiger partial charge in [0.25, 0.3) is 0 Å². The third-order valence-corrected chi connectivity index (χ3v) is 3.90. The fraction of sp³-hybridized carbons (Fsp3) is 0.857. The molecule has 1 saturated carbocycles. The summed E-state index contributed by atoms with van der Waals surface area (Å²) in [6, 6.07) is 0.0641. The third kappa shape index (κ3) is 4.31. The van der Waals surface area contributed by atoms with Crippen molar-refractivity contribution in [3.05, 3.63) is 0 Å². The van der Waals surface area contributed by atoms with Crippen molar-refractivity contribution in [3.63, 3.8) is 0 Å². The predicted octanol–water partition coefficient (Wildman–Crippen LogP) is 2.57. The van der Waals surface area contributed by atoms with E-state index in [1.54, 1.807) is 0 Å². The lowest BCUT2D eigenvalue weighted by molar-refractivity contribution is -0.141. The standard InChI is InChI=1S/C14H25NO3/c1-3-5-6-10(4-2)13(16)15-12-8-7-11(9-12)14(17)18/h10-12H,3-9H2,1-2H3,(H,15,16)(H,17,18). The number of unbranched alkanes of at least 4 members (excludes halogenated alkanes) is 1. The van der Waals surface area contributed by atoms with Crippen molar-refractivity contribution < 1.29 is 14.7 Å². The van der Waals surface area contributed by atoms with Crippen LogP contribution >= 0.6 is 0 Å². The van der Waals surface area contributed by atoms with Crippen LogP contribution in [-0.4, -0.2) is 23.0 Å². The monoisotopic (exact) mass is 255 g/mol. The van der Waals surface area contributed by atoms with Crippen molar-refractivity contribution in [2.45, 2.75) is 64.8 Å². The predicted molar refractivity (Wildman–Crippen MR) is 70.2 cm³/mol. The Morgan fingerprint density at radius 2 is 2.06 bits per heavy atom. The van der Waals surface area contributed by atoms with Gasteiger partial charge in [0.05, 0.1) is 5.92 Å². The molecule has 18 heavy (non-hydrogen) atoms. The van der Waals surface area contributed by atoms with Crippen LogP contribution in [0.1, 0.15) is 58.8 Å². The van der Waals surface area contributed by atoms with E-state index >= 15 is 0 Å². The van der Waals surface area contributed by atoms with E-state index in [0.29, 0.717) is 12.8 Å². The van der Waals surface area contributed by atoms with E-state index in [0.717, 1.165) is 32.1 Å². The highest BCUT2D eigenvalue weighted by Gasteiger charge is 2.31. The summed E-state index contributed by atoms with van der Waals surface area (Å²) >= 11 is 0. The first-order chi connectivity index (χ1) is 8.58. The lowest BCUT2D eigenvalue weighted by Gasteiger charge is -2.18. The number of rotatable bonds is 7. The van der Waals surface area contributed by atoms with Crippen LogP contribution in [0.15, 0.2) is 0 Å². The van der Waals surface area contributed by atoms with Crippen LogP contribution in [0, 0.1) is 11.8 Å². The van der Waals surface area contributed by atoms with Gasteiger partial charge in [-0.1, -0.05) is 26.7 Å². The van der Waals surface area contributed by atoms with E-state index in [2.05, 4.69) is 12.2 Å². The Morgan fingerprint density at radius 3 is 2.56 bits per heavy atom. The van der Waals surface area contributed by atoms with E-state index in [-0.39, 0.29) is 23.8 Å². The third-order valence-electron chi connectivity index (χ3n) is 3.90. The van der Waals surface area contributed by atoms with Crippen molar-refractivity contribution >= 4 is 11.9 Å². The molecule has 0 aromatic carbocycles. The molecule has 0 bridgehead atoms. The number of aliphatic carboxylic acids is 1. The topological polar surface area (TPSA) is 66.4 Å². The first-order valence-electron chi connectivity index (χ1n) is 7.11. The summed E-state index contributed by atoms with van der Waals surface area (Å²) in [5.41, 5.74) is 0. The number of carboxylic acid groups (broad SMARTS) is 1. The van der Waals surface area contributed by atoms with Gasteiger partial charge in [-0.2, -0.15) is 0 Å². The maximum Gasteiger partial charge on any atom is 0.306 e. The van der Waals surface area contributed by atoms with Crippen LogP contribution in [-0.2, 0) is 9.59 Å². The van der Waals surface area contributed by atoms with Crippen molar-refractivity contribution in [2.75, 3.05) is 0 Å². The van der Waals surface area contributed by atoms with Gasteiger partial charge in [-0.15, -0.1) is 0 Å². The summed E-state index contributed by atoms with van der Waals surface area (Å²) in [4.78, 5) is 22.9. The van der Waals surface area contributed by atoms with Crippen molar-refractivity contribution in [2.24, 2.45) is 11.8 Å². The Labute approximate surface area is 109 Å². The quantitative estimate of drug-likeness (QED) is 0.734. The van der Waals surface area contributed by atoms with Crippen molar-refractivity contribution in [1.29, 1.82) is 0 Å². The number of amides is 1. The number of carboxylic acids is 1. The van der Waals surface area contributed by atoms with Crippen LogP contribution in [0.25, 0.3) is 0 Å². The maximum atomic E-state index is 12.1. The van der Waals surface area contributed by atoms with Crippen LogP contribution in [0.3, 0.4) is 0 Å². The lowest BCUT2D eigenvalue weighted by atomic mass is 9.98. The van der Waals surface area contributed by atoms with Crippen molar-refractivity contribution in [1.82, 2.24) is 5.32 Å². The normalized spacial score (nSPS) is 24.8. The van der Waals surface area contributed by atoms with Crippen LogP contribution in [0.5, 0.6) is 0 Å². The Morgan fingerprint density at radius 1 is 1.33 bits per heavy atom. The Kier molecular flexibility index (Phi) is 6.16. The molecule has 0 spiro atoms. The fourth-order valence-corrected chi connectivity index (χ4v) is 2.63. The Bertz CT molecular complexity index is 291. The second-order valence-electron chi connectivity index (χ2n) is 5.30. The number of carbonyl (C=O) groups is 2. The molecule has 1 fully saturated rings. The molecule has 2 N–H and O–H groups in total. The van der Waals surface area contributed by atoms with E-state index in [4.69, 9.17) is 5.11 Å². The van der Waals surface area contributed by atoms with Crippen molar-refractivity contribution in [3.8, 4) is 0 Å². The zero-order chi connectivity index (χ0) is 13.5. The molecule has 1 rings (SSSR count). The van der Waals surface area contributed by atoms with E-state index in [1.807, 2.05) is 6.92 Å². The summed E-state index contributed by atoms with van der Waals surface area (Å²) in [6.45, 7) is 4.16. The molecule has 3 atom stereocenters. The highest BCUT2D eigenvalue weighted by atomic mass is 16.4. The smallest absolute Gasteiger partial charge is 0.306 e. The zero-order valence-corrected chi connectivity index (χ0v) is 11.4. The first kappa shape index (κ1) is 15.0. The molecule has 104 valence electrons. The second kappa shape index (κ2) is 7.39. The minimum atomic E-state index is -0.732. The van der Waals surface area contributed by atoms with Crippen LogP contribution < -0.4 is 5.32 Å². The largest absolute Gasteiger partial charge is 0.481 e. The summed E-state index contributed by atoms with van der Waals surface area (Å²) in [5, 5.41) is 11.9. The Balaban J connectivity index is 2.37. The molecule has 0 aromatic heterocycles. The minimum absolute atomic E-state index is 0.0641. The summed E-state index contributed by atoms with van der Waals surface area (Å²) in [6.07, 6.45) is 6.06. The molecule has 1 aliphatic carbocycles. The average molecular weight is 255 g/mol. The molecular formula is C14H25NO3. The van der Waals surface area contributed by atoms with Gasteiger partial charge in [0.1, 0.15) is 0 Å². The lowest BCUT2D eigenvalue weighted by Crippen LogP contribution is -2.37. The van der Waals surface area contributed by atoms with Gasteiger partial charge < -0.3 is 10.4 Å².